The molecule has 0 unspecified atom stereocenters. The van der Waals surface area contributed by atoms with Crippen LogP contribution in [-0.4, -0.2) is 34.7 Å². The Hall–Kier alpha value is -3.87. The second-order valence-corrected chi connectivity index (χ2v) is 9.63. The molecule has 192 valence electrons. The van der Waals surface area contributed by atoms with Gasteiger partial charge in [-0.1, -0.05) is 50.3 Å². The van der Waals surface area contributed by atoms with Gasteiger partial charge in [0.2, 0.25) is 5.95 Å². The molecule has 2 aromatic carbocycles. The molecule has 0 saturated heterocycles. The van der Waals surface area contributed by atoms with Crippen LogP contribution in [-0.2, 0) is 13.0 Å². The molecule has 1 fully saturated rings. The van der Waals surface area contributed by atoms with Crippen molar-refractivity contribution in [2.75, 3.05) is 19.5 Å². The highest BCUT2D eigenvalue weighted by molar-refractivity contribution is 6.05. The van der Waals surface area contributed by atoms with Crippen molar-refractivity contribution in [3.8, 4) is 22.8 Å². The molecule has 0 radical (unpaired) electrons. The van der Waals surface area contributed by atoms with Gasteiger partial charge in [-0.2, -0.15) is 0 Å². The summed E-state index contributed by atoms with van der Waals surface area (Å²) >= 11 is 0. The van der Waals surface area contributed by atoms with E-state index >= 15 is 0 Å². The van der Waals surface area contributed by atoms with Crippen LogP contribution in [0.3, 0.4) is 0 Å². The van der Waals surface area contributed by atoms with Crippen molar-refractivity contribution in [2.45, 2.75) is 52.0 Å². The van der Waals surface area contributed by atoms with Crippen molar-refractivity contribution in [3.05, 3.63) is 66.0 Å². The van der Waals surface area contributed by atoms with Gasteiger partial charge in [-0.05, 0) is 49.1 Å². The van der Waals surface area contributed by atoms with Crippen molar-refractivity contribution in [2.24, 2.45) is 5.92 Å². The van der Waals surface area contributed by atoms with E-state index in [1.165, 1.54) is 32.1 Å². The number of ether oxygens (including phenoxy) is 2. The van der Waals surface area contributed by atoms with Gasteiger partial charge in [0.1, 0.15) is 17.2 Å². The van der Waals surface area contributed by atoms with Gasteiger partial charge in [0.15, 0.2) is 0 Å². The van der Waals surface area contributed by atoms with Crippen LogP contribution in [0.4, 0.5) is 5.95 Å². The fourth-order valence-electron chi connectivity index (χ4n) is 5.45. The molecule has 7 heteroatoms. The van der Waals surface area contributed by atoms with E-state index in [9.17, 15) is 4.79 Å². The van der Waals surface area contributed by atoms with Crippen LogP contribution in [0.5, 0.6) is 11.5 Å². The van der Waals surface area contributed by atoms with E-state index in [1.54, 1.807) is 14.2 Å². The predicted molar refractivity (Wildman–Crippen MR) is 146 cm³/mol. The number of anilines is 1. The maximum Gasteiger partial charge on any atom is 0.274 e. The number of fused-ring (bicyclic) bond motifs is 1. The first kappa shape index (κ1) is 24.8. The lowest BCUT2D eigenvalue weighted by Gasteiger charge is -2.23. The second-order valence-electron chi connectivity index (χ2n) is 9.63. The first-order valence-corrected chi connectivity index (χ1v) is 13.1. The van der Waals surface area contributed by atoms with Crippen molar-refractivity contribution in [1.82, 2.24) is 14.5 Å². The molecule has 2 heterocycles. The summed E-state index contributed by atoms with van der Waals surface area (Å²) in [7, 11) is 3.28. The zero-order valence-electron chi connectivity index (χ0n) is 21.8. The van der Waals surface area contributed by atoms with Crippen LogP contribution in [0.15, 0.2) is 54.7 Å². The van der Waals surface area contributed by atoms with Crippen molar-refractivity contribution < 1.29 is 14.3 Å². The van der Waals surface area contributed by atoms with Gasteiger partial charge in [-0.15, -0.1) is 0 Å². The summed E-state index contributed by atoms with van der Waals surface area (Å²) < 4.78 is 13.1. The summed E-state index contributed by atoms with van der Waals surface area (Å²) in [4.78, 5) is 22.8. The number of para-hydroxylation sites is 1. The molecule has 1 aliphatic carbocycles. The Bertz CT molecular complexity index is 1410. The summed E-state index contributed by atoms with van der Waals surface area (Å²) in [6, 6.07) is 15.7. The molecule has 1 saturated carbocycles. The third-order valence-electron chi connectivity index (χ3n) is 7.35. The average Bonchev–Trinajstić information content (AvgIpc) is 3.33. The number of nitrogens with zero attached hydrogens (tertiary/aromatic N) is 3. The third-order valence-corrected chi connectivity index (χ3v) is 7.35. The second kappa shape index (κ2) is 11.0. The van der Waals surface area contributed by atoms with E-state index in [-0.39, 0.29) is 11.9 Å². The minimum atomic E-state index is -0.231. The maximum atomic E-state index is 13.4. The average molecular weight is 499 g/mol. The van der Waals surface area contributed by atoms with E-state index < -0.39 is 0 Å². The smallest absolute Gasteiger partial charge is 0.274 e. The summed E-state index contributed by atoms with van der Waals surface area (Å²) in [6.45, 7) is 2.72. The van der Waals surface area contributed by atoms with E-state index in [0.29, 0.717) is 29.7 Å². The molecule has 4 aromatic rings. The van der Waals surface area contributed by atoms with Crippen LogP contribution in [0, 0.1) is 5.92 Å². The number of hydrogen-bond donors (Lipinski definition) is 1. The monoisotopic (exact) mass is 498 g/mol. The molecule has 0 aliphatic heterocycles. The third kappa shape index (κ3) is 5.17. The number of rotatable bonds is 8. The lowest BCUT2D eigenvalue weighted by molar-refractivity contribution is 0.101. The lowest BCUT2D eigenvalue weighted by Crippen LogP contribution is -2.19. The highest BCUT2D eigenvalue weighted by atomic mass is 16.5. The van der Waals surface area contributed by atoms with Crippen molar-refractivity contribution >= 4 is 22.8 Å². The number of methoxy groups -OCH3 is 2. The van der Waals surface area contributed by atoms with Gasteiger partial charge in [-0.3, -0.25) is 10.1 Å². The normalized spacial score (nSPS) is 14.0. The molecular weight excluding hydrogens is 464 g/mol. The molecule has 7 nitrogen and oxygen atoms in total. The Balaban J connectivity index is 1.51. The predicted octanol–water partition coefficient (Wildman–Crippen LogP) is 6.51. The van der Waals surface area contributed by atoms with Crippen molar-refractivity contribution in [3.63, 3.8) is 0 Å². The molecule has 1 amide bonds. The highest BCUT2D eigenvalue weighted by Gasteiger charge is 2.22. The minimum Gasteiger partial charge on any atom is -0.497 e. The van der Waals surface area contributed by atoms with Gasteiger partial charge in [0, 0.05) is 35.3 Å². The van der Waals surface area contributed by atoms with Gasteiger partial charge < -0.3 is 14.0 Å². The molecular formula is C30H34N4O3. The van der Waals surface area contributed by atoms with E-state index in [4.69, 9.17) is 14.5 Å². The first-order valence-electron chi connectivity index (χ1n) is 13.1. The Labute approximate surface area is 217 Å². The number of nitrogens with one attached hydrogen (secondary N) is 1. The number of carbonyl (C=O) groups excluding carboxylic acids is 1. The molecule has 0 bridgehead atoms. The molecule has 5 rings (SSSR count). The molecule has 0 atom stereocenters. The molecule has 37 heavy (non-hydrogen) atoms. The first-order chi connectivity index (χ1) is 18.1. The Morgan fingerprint density at radius 2 is 1.86 bits per heavy atom. The van der Waals surface area contributed by atoms with E-state index in [2.05, 4.69) is 10.3 Å². The van der Waals surface area contributed by atoms with Crippen LogP contribution in [0.2, 0.25) is 0 Å². The zero-order chi connectivity index (χ0) is 25.8. The fourth-order valence-corrected chi connectivity index (χ4v) is 5.45. The topological polar surface area (TPSA) is 78.3 Å². The summed E-state index contributed by atoms with van der Waals surface area (Å²) in [6.07, 6.45) is 9.07. The fraction of sp³-hybridized carbons (Fsp3) is 0.367. The summed E-state index contributed by atoms with van der Waals surface area (Å²) in [5, 5.41) is 3.98. The van der Waals surface area contributed by atoms with Gasteiger partial charge in [0.25, 0.3) is 5.91 Å². The molecule has 0 spiro atoms. The number of carbonyl (C=O) groups is 1. The largest absolute Gasteiger partial charge is 0.497 e. The Morgan fingerprint density at radius 3 is 2.62 bits per heavy atom. The standard InChI is InChI=1S/C30H34N4O3/c1-4-34-25-13-9-8-12-21(25)17-26(34)29(35)33-30-31-19-22(16-20-10-6-5-7-11-20)28(32-30)24-15-14-23(36-2)18-27(24)37-3/h8-9,12-15,17-20H,4-7,10-11,16H2,1-3H3,(H,31,32,33,35). The number of benzene rings is 2. The molecule has 1 aliphatic rings. The maximum absolute atomic E-state index is 13.4. The number of aromatic nitrogens is 3. The number of aryl methyl sites for hydroxylation is 1. The lowest BCUT2D eigenvalue weighted by atomic mass is 9.84. The SMILES string of the molecule is CCn1c(C(=O)Nc2ncc(CC3CCCCC3)c(-c3ccc(OC)cc3OC)n2)cc2ccccc21. The van der Waals surface area contributed by atoms with Crippen molar-refractivity contribution in [1.29, 1.82) is 0 Å². The van der Waals surface area contributed by atoms with Crippen LogP contribution < -0.4 is 14.8 Å². The van der Waals surface area contributed by atoms with E-state index in [0.717, 1.165) is 34.1 Å². The number of hydrogen-bond acceptors (Lipinski definition) is 5. The quantitative estimate of drug-likeness (QED) is 0.300. The summed E-state index contributed by atoms with van der Waals surface area (Å²) in [5.74, 6) is 2.04. The van der Waals surface area contributed by atoms with Crippen LogP contribution >= 0.6 is 0 Å². The van der Waals surface area contributed by atoms with Gasteiger partial charge >= 0.3 is 0 Å². The zero-order valence-corrected chi connectivity index (χ0v) is 21.8. The molecule has 2 aromatic heterocycles. The van der Waals surface area contributed by atoms with Gasteiger partial charge in [0.05, 0.1) is 19.9 Å². The summed E-state index contributed by atoms with van der Waals surface area (Å²) in [5.41, 5.74) is 4.32. The number of amides is 1. The Kier molecular flexibility index (Phi) is 7.40. The molecule has 1 N–H and O–H groups in total. The Morgan fingerprint density at radius 1 is 1.05 bits per heavy atom. The van der Waals surface area contributed by atoms with Crippen LogP contribution in [0.25, 0.3) is 22.2 Å². The van der Waals surface area contributed by atoms with Crippen LogP contribution in [0.1, 0.15) is 55.1 Å². The minimum absolute atomic E-state index is 0.231. The van der Waals surface area contributed by atoms with E-state index in [1.807, 2.05) is 66.2 Å². The highest BCUT2D eigenvalue weighted by Crippen LogP contribution is 2.37. The van der Waals surface area contributed by atoms with Gasteiger partial charge in [-0.25, -0.2) is 9.97 Å².